The second-order valence-electron chi connectivity index (χ2n) is 8.14. The molecule has 11 heteroatoms. The Kier molecular flexibility index (Phi) is 7.41. The molecule has 2 atom stereocenters. The fraction of sp³-hybridized carbons (Fsp3) is 0.167. The van der Waals surface area contributed by atoms with E-state index in [1.54, 1.807) is 36.4 Å². The van der Waals surface area contributed by atoms with Crippen LogP contribution in [0.3, 0.4) is 0 Å². The molecule has 4 rings (SSSR count). The van der Waals surface area contributed by atoms with E-state index in [1.165, 1.54) is 12.1 Å². The van der Waals surface area contributed by atoms with Gasteiger partial charge in [0.1, 0.15) is 4.33 Å². The number of nitrogens with two attached hydrogens (primary N) is 1. The van der Waals surface area contributed by atoms with Gasteiger partial charge < -0.3 is 16.4 Å². The summed E-state index contributed by atoms with van der Waals surface area (Å²) in [5, 5.41) is 6.43. The monoisotopic (exact) mass is 589 g/mol. The molecule has 1 aliphatic carbocycles. The van der Waals surface area contributed by atoms with Crippen molar-refractivity contribution in [2.24, 2.45) is 5.92 Å². The van der Waals surface area contributed by atoms with Crippen LogP contribution >= 0.6 is 69.6 Å². The average Bonchev–Trinajstić information content (AvgIpc) is 3.37. The van der Waals surface area contributed by atoms with Crippen molar-refractivity contribution in [1.82, 2.24) is 0 Å². The molecule has 0 aliphatic heterocycles. The number of halogens is 6. The van der Waals surface area contributed by atoms with E-state index in [1.807, 2.05) is 6.92 Å². The lowest BCUT2D eigenvalue weighted by atomic mass is 10.1. The van der Waals surface area contributed by atoms with Crippen molar-refractivity contribution < 1.29 is 9.59 Å². The van der Waals surface area contributed by atoms with Crippen LogP contribution in [0.25, 0.3) is 0 Å². The minimum Gasteiger partial charge on any atom is -0.399 e. The van der Waals surface area contributed by atoms with Crippen LogP contribution in [-0.4, -0.2) is 16.1 Å². The number of carbonyl (C=O) groups excluding carboxylic acids is 2. The van der Waals surface area contributed by atoms with E-state index in [0.717, 1.165) is 5.56 Å². The van der Waals surface area contributed by atoms with Crippen molar-refractivity contribution in [1.29, 1.82) is 0 Å². The van der Waals surface area contributed by atoms with Gasteiger partial charge in [0.15, 0.2) is 0 Å². The number of aryl methyl sites for hydroxylation is 1. The lowest BCUT2D eigenvalue weighted by Gasteiger charge is -2.12. The van der Waals surface area contributed by atoms with Crippen LogP contribution in [0.4, 0.5) is 17.1 Å². The highest BCUT2D eigenvalue weighted by molar-refractivity contribution is 6.54. The van der Waals surface area contributed by atoms with Crippen molar-refractivity contribution in [2.75, 3.05) is 16.4 Å². The normalized spacial score (nSPS) is 18.1. The molecule has 182 valence electrons. The van der Waals surface area contributed by atoms with Gasteiger partial charge in [0, 0.05) is 23.0 Å². The maximum Gasteiger partial charge on any atom is 0.257 e. The predicted molar refractivity (Wildman–Crippen MR) is 146 cm³/mol. The summed E-state index contributed by atoms with van der Waals surface area (Å²) in [7, 11) is 0. The molecule has 0 saturated heterocycles. The molecule has 0 bridgehead atoms. The Balaban J connectivity index is 1.52. The number of nitrogens with one attached hydrogen (secondary N) is 2. The van der Waals surface area contributed by atoms with Crippen molar-refractivity contribution in [2.45, 2.75) is 17.2 Å². The standard InChI is InChI=1S/C24H17Cl6N3O2/c1-10-6-12(31)2-5-18(10)33-22(34)14-9-13(3-4-15(14)25)32-23(35)20-19(24(20,29)30)11-7-16(26)21(28)17(27)8-11/h2-9,19-20H,31H2,1H3,(H,32,35)(H,33,34)/t19-,20+/m0/s1. The third kappa shape index (κ3) is 5.31. The summed E-state index contributed by atoms with van der Waals surface area (Å²) in [4.78, 5) is 25.9. The lowest BCUT2D eigenvalue weighted by molar-refractivity contribution is -0.117. The lowest BCUT2D eigenvalue weighted by Crippen LogP contribution is -2.18. The van der Waals surface area contributed by atoms with Crippen LogP contribution in [0.5, 0.6) is 0 Å². The Morgan fingerprint density at radius 3 is 2.17 bits per heavy atom. The van der Waals surface area contributed by atoms with Crippen molar-refractivity contribution in [3.63, 3.8) is 0 Å². The second kappa shape index (κ2) is 9.89. The number of amides is 2. The van der Waals surface area contributed by atoms with Gasteiger partial charge in [-0.3, -0.25) is 9.59 Å². The van der Waals surface area contributed by atoms with Gasteiger partial charge in [0.25, 0.3) is 5.91 Å². The molecule has 5 nitrogen and oxygen atoms in total. The molecule has 0 aromatic heterocycles. The summed E-state index contributed by atoms with van der Waals surface area (Å²) >= 11 is 37.4. The van der Waals surface area contributed by atoms with E-state index in [9.17, 15) is 9.59 Å². The molecular formula is C24H17Cl6N3O2. The van der Waals surface area contributed by atoms with Gasteiger partial charge in [-0.15, -0.1) is 23.2 Å². The van der Waals surface area contributed by atoms with Gasteiger partial charge >= 0.3 is 0 Å². The number of nitrogen functional groups attached to an aromatic ring is 1. The topological polar surface area (TPSA) is 84.2 Å². The highest BCUT2D eigenvalue weighted by Crippen LogP contribution is 2.65. The largest absolute Gasteiger partial charge is 0.399 e. The van der Waals surface area contributed by atoms with E-state index in [4.69, 9.17) is 75.3 Å². The number of carbonyl (C=O) groups is 2. The molecule has 1 saturated carbocycles. The first-order chi connectivity index (χ1) is 16.4. The van der Waals surface area contributed by atoms with E-state index in [2.05, 4.69) is 10.6 Å². The third-order valence-electron chi connectivity index (χ3n) is 5.68. The number of alkyl halides is 2. The molecule has 3 aromatic rings. The first-order valence-electron chi connectivity index (χ1n) is 10.2. The Bertz CT molecular complexity index is 1340. The van der Waals surface area contributed by atoms with E-state index < -0.39 is 28.0 Å². The zero-order valence-electron chi connectivity index (χ0n) is 17.9. The Morgan fingerprint density at radius 2 is 1.54 bits per heavy atom. The SMILES string of the molecule is Cc1cc(N)ccc1NC(=O)c1cc(NC(=O)[C@H]2[C@H](c3cc(Cl)c(Cl)c(Cl)c3)C2(Cl)Cl)ccc1Cl. The van der Waals surface area contributed by atoms with Gasteiger partial charge in [-0.05, 0) is 66.6 Å². The molecule has 0 heterocycles. The highest BCUT2D eigenvalue weighted by atomic mass is 35.5. The first-order valence-corrected chi connectivity index (χ1v) is 12.5. The van der Waals surface area contributed by atoms with Crippen LogP contribution in [0.1, 0.15) is 27.4 Å². The van der Waals surface area contributed by atoms with Crippen molar-refractivity contribution in [3.05, 3.63) is 85.3 Å². The molecule has 0 radical (unpaired) electrons. The Morgan fingerprint density at radius 1 is 0.886 bits per heavy atom. The Labute approximate surface area is 231 Å². The minimum absolute atomic E-state index is 0.173. The van der Waals surface area contributed by atoms with Crippen LogP contribution in [0.2, 0.25) is 20.1 Å². The quantitative estimate of drug-likeness (QED) is 0.160. The zero-order valence-corrected chi connectivity index (χ0v) is 22.5. The van der Waals surface area contributed by atoms with Gasteiger partial charge in [-0.25, -0.2) is 0 Å². The molecule has 0 unspecified atom stereocenters. The summed E-state index contributed by atoms with van der Waals surface area (Å²) in [6, 6.07) is 12.8. The smallest absolute Gasteiger partial charge is 0.257 e. The summed E-state index contributed by atoms with van der Waals surface area (Å²) in [5.74, 6) is -2.23. The molecule has 35 heavy (non-hydrogen) atoms. The first kappa shape index (κ1) is 26.2. The maximum absolute atomic E-state index is 13.0. The predicted octanol–water partition coefficient (Wildman–Crippen LogP) is 7.97. The average molecular weight is 592 g/mol. The summed E-state index contributed by atoms with van der Waals surface area (Å²) in [6.07, 6.45) is 0. The number of anilines is 3. The van der Waals surface area contributed by atoms with Crippen LogP contribution in [-0.2, 0) is 4.79 Å². The van der Waals surface area contributed by atoms with Crippen LogP contribution < -0.4 is 16.4 Å². The third-order valence-corrected chi connectivity index (χ3v) is 8.15. The minimum atomic E-state index is -1.37. The molecule has 4 N–H and O–H groups in total. The fourth-order valence-electron chi connectivity index (χ4n) is 3.84. The molecule has 2 amide bonds. The molecule has 1 aliphatic rings. The van der Waals surface area contributed by atoms with Crippen LogP contribution in [0.15, 0.2) is 48.5 Å². The van der Waals surface area contributed by atoms with Crippen LogP contribution in [0, 0.1) is 12.8 Å². The molecular weight excluding hydrogens is 575 g/mol. The summed E-state index contributed by atoms with van der Waals surface area (Å²) in [6.45, 7) is 1.82. The zero-order chi connectivity index (χ0) is 25.7. The number of rotatable bonds is 5. The number of benzene rings is 3. The summed E-state index contributed by atoms with van der Waals surface area (Å²) in [5.41, 5.74) is 8.84. The fourth-order valence-corrected chi connectivity index (χ4v) is 5.48. The van der Waals surface area contributed by atoms with Gasteiger partial charge in [0.05, 0.1) is 31.6 Å². The second-order valence-corrected chi connectivity index (χ2v) is 11.2. The van der Waals surface area contributed by atoms with E-state index >= 15 is 0 Å². The van der Waals surface area contributed by atoms with E-state index in [0.29, 0.717) is 22.6 Å². The number of hydrogen-bond donors (Lipinski definition) is 3. The van der Waals surface area contributed by atoms with Crippen molar-refractivity contribution >= 4 is 98.5 Å². The van der Waals surface area contributed by atoms with E-state index in [-0.39, 0.29) is 25.7 Å². The van der Waals surface area contributed by atoms with Gasteiger partial charge in [-0.2, -0.15) is 0 Å². The van der Waals surface area contributed by atoms with Gasteiger partial charge in [0.2, 0.25) is 5.91 Å². The summed E-state index contributed by atoms with van der Waals surface area (Å²) < 4.78 is -1.37. The van der Waals surface area contributed by atoms with Crippen molar-refractivity contribution in [3.8, 4) is 0 Å². The van der Waals surface area contributed by atoms with Gasteiger partial charge in [-0.1, -0.05) is 46.4 Å². The maximum atomic E-state index is 13.0. The molecule has 1 fully saturated rings. The molecule has 3 aromatic carbocycles. The number of hydrogen-bond acceptors (Lipinski definition) is 3. The molecule has 0 spiro atoms. The Hall–Kier alpha value is -1.86. The highest BCUT2D eigenvalue weighted by Gasteiger charge is 2.67.